The molecule has 184 valence electrons. The number of nitrogens with zero attached hydrogens (tertiary/aromatic N) is 3. The third kappa shape index (κ3) is 5.29. The number of hydrogen-bond acceptors (Lipinski definition) is 4. The lowest BCUT2D eigenvalue weighted by atomic mass is 9.91. The summed E-state index contributed by atoms with van der Waals surface area (Å²) in [5, 5.41) is 11.3. The molecule has 2 heterocycles. The van der Waals surface area contributed by atoms with E-state index in [9.17, 15) is 5.26 Å². The van der Waals surface area contributed by atoms with Gasteiger partial charge in [0.25, 0.3) is 0 Å². The molecule has 0 aliphatic carbocycles. The zero-order chi connectivity index (χ0) is 26.5. The highest BCUT2D eigenvalue weighted by atomic mass is 14.7. The van der Waals surface area contributed by atoms with E-state index in [1.54, 1.807) is 0 Å². The number of aromatic nitrogens is 2. The first-order valence-electron chi connectivity index (χ1n) is 12.5. The molecule has 2 aromatic heterocycles. The predicted molar refractivity (Wildman–Crippen MR) is 156 cm³/mol. The normalized spacial score (nSPS) is 11.0. The summed E-state index contributed by atoms with van der Waals surface area (Å²) >= 11 is 0. The summed E-state index contributed by atoms with van der Waals surface area (Å²) in [6, 6.07) is 42.2. The van der Waals surface area contributed by atoms with Crippen LogP contribution in [0.1, 0.15) is 25.0 Å². The lowest BCUT2D eigenvalue weighted by Gasteiger charge is -2.22. The molecule has 2 N–H and O–H groups in total. The fourth-order valence-electron chi connectivity index (χ4n) is 4.49. The van der Waals surface area contributed by atoms with E-state index in [1.807, 2.05) is 111 Å². The van der Waals surface area contributed by atoms with Crippen molar-refractivity contribution >= 4 is 21.8 Å². The molecule has 0 fully saturated rings. The maximum Gasteiger partial charge on any atom is 0.0999 e. The van der Waals surface area contributed by atoms with Crippen LogP contribution in [0.3, 0.4) is 0 Å². The Kier molecular flexibility index (Phi) is 6.95. The second-order valence-corrected chi connectivity index (χ2v) is 9.71. The summed E-state index contributed by atoms with van der Waals surface area (Å²) in [7, 11) is 0. The van der Waals surface area contributed by atoms with Gasteiger partial charge in [0, 0.05) is 27.4 Å². The Morgan fingerprint density at radius 2 is 1.05 bits per heavy atom. The van der Waals surface area contributed by atoms with E-state index < -0.39 is 5.54 Å². The Balaban J connectivity index is 0.000000156. The Labute approximate surface area is 223 Å². The van der Waals surface area contributed by atoms with Crippen molar-refractivity contribution in [2.24, 2.45) is 5.73 Å². The molecule has 0 bridgehead atoms. The van der Waals surface area contributed by atoms with Crippen LogP contribution in [0.15, 0.2) is 121 Å². The molecule has 0 amide bonds. The van der Waals surface area contributed by atoms with Crippen molar-refractivity contribution in [2.75, 3.05) is 0 Å². The van der Waals surface area contributed by atoms with Crippen molar-refractivity contribution in [1.82, 2.24) is 9.97 Å². The van der Waals surface area contributed by atoms with Crippen molar-refractivity contribution in [2.45, 2.75) is 19.4 Å². The summed E-state index contributed by atoms with van der Waals surface area (Å²) in [5.41, 5.74) is 13.5. The molecule has 4 aromatic carbocycles. The lowest BCUT2D eigenvalue weighted by molar-refractivity contribution is 0.559. The van der Waals surface area contributed by atoms with Crippen molar-refractivity contribution in [3.63, 3.8) is 0 Å². The van der Waals surface area contributed by atoms with Gasteiger partial charge < -0.3 is 5.73 Å². The van der Waals surface area contributed by atoms with Gasteiger partial charge in [0.15, 0.2) is 0 Å². The Bertz CT molecular complexity index is 1750. The molecular weight excluding hydrogens is 464 g/mol. The van der Waals surface area contributed by atoms with Crippen LogP contribution in [0, 0.1) is 11.3 Å². The summed E-state index contributed by atoms with van der Waals surface area (Å²) in [6.07, 6.45) is 0. The molecule has 0 atom stereocenters. The van der Waals surface area contributed by atoms with Crippen molar-refractivity contribution in [1.29, 1.82) is 5.26 Å². The zero-order valence-electron chi connectivity index (χ0n) is 21.5. The number of hydrogen-bond donors (Lipinski definition) is 1. The van der Waals surface area contributed by atoms with Crippen molar-refractivity contribution < 1.29 is 0 Å². The van der Waals surface area contributed by atoms with Crippen LogP contribution in [0.2, 0.25) is 0 Å². The van der Waals surface area contributed by atoms with Gasteiger partial charge in [-0.3, -0.25) is 0 Å². The minimum absolute atomic E-state index is 0.397. The maximum absolute atomic E-state index is 9.23. The molecule has 38 heavy (non-hydrogen) atoms. The number of benzene rings is 4. The third-order valence-corrected chi connectivity index (χ3v) is 6.39. The molecule has 0 aliphatic heterocycles. The minimum atomic E-state index is -0.397. The van der Waals surface area contributed by atoms with Crippen LogP contribution in [-0.2, 0) is 5.54 Å². The SMILES string of the molecule is CC(C)(N)c1cc(-c2ccccc2)nc2ccccc12.N#Cc1cc(-c2ccccc2)nc2ccccc12. The summed E-state index contributed by atoms with van der Waals surface area (Å²) in [4.78, 5) is 9.37. The highest BCUT2D eigenvalue weighted by molar-refractivity contribution is 5.87. The quantitative estimate of drug-likeness (QED) is 0.273. The van der Waals surface area contributed by atoms with Gasteiger partial charge in [-0.25, -0.2) is 9.97 Å². The largest absolute Gasteiger partial charge is 0.322 e. The number of pyridine rings is 2. The first-order chi connectivity index (χ1) is 18.4. The lowest BCUT2D eigenvalue weighted by Crippen LogP contribution is -2.29. The van der Waals surface area contributed by atoms with Crippen LogP contribution in [0.4, 0.5) is 0 Å². The summed E-state index contributed by atoms with van der Waals surface area (Å²) in [5.74, 6) is 0. The zero-order valence-corrected chi connectivity index (χ0v) is 21.5. The molecule has 6 rings (SSSR count). The molecule has 0 aliphatic rings. The fourth-order valence-corrected chi connectivity index (χ4v) is 4.49. The number of nitrogens with two attached hydrogens (primary N) is 1. The van der Waals surface area contributed by atoms with Gasteiger partial charge in [0.05, 0.1) is 34.1 Å². The van der Waals surface area contributed by atoms with E-state index in [0.29, 0.717) is 5.56 Å². The highest BCUT2D eigenvalue weighted by Gasteiger charge is 2.19. The Hall–Kier alpha value is -4.85. The summed E-state index contributed by atoms with van der Waals surface area (Å²) < 4.78 is 0. The minimum Gasteiger partial charge on any atom is -0.322 e. The maximum atomic E-state index is 9.23. The molecule has 0 spiro atoms. The molecular formula is C34H28N4. The van der Waals surface area contributed by atoms with E-state index in [-0.39, 0.29) is 0 Å². The number of para-hydroxylation sites is 2. The van der Waals surface area contributed by atoms with Gasteiger partial charge in [-0.05, 0) is 43.7 Å². The van der Waals surface area contributed by atoms with Crippen molar-refractivity contribution in [3.05, 3.63) is 132 Å². The number of rotatable bonds is 3. The molecule has 0 saturated carbocycles. The molecule has 0 unspecified atom stereocenters. The van der Waals surface area contributed by atoms with Crippen LogP contribution in [0.5, 0.6) is 0 Å². The van der Waals surface area contributed by atoms with Crippen LogP contribution < -0.4 is 5.73 Å². The van der Waals surface area contributed by atoms with Gasteiger partial charge >= 0.3 is 0 Å². The highest BCUT2D eigenvalue weighted by Crippen LogP contribution is 2.30. The summed E-state index contributed by atoms with van der Waals surface area (Å²) in [6.45, 7) is 4.06. The van der Waals surface area contributed by atoms with Crippen molar-refractivity contribution in [3.8, 4) is 28.6 Å². The predicted octanol–water partition coefficient (Wildman–Crippen LogP) is 7.87. The van der Waals surface area contributed by atoms with Crippen LogP contribution in [-0.4, -0.2) is 9.97 Å². The van der Waals surface area contributed by atoms with Gasteiger partial charge in [0.1, 0.15) is 0 Å². The monoisotopic (exact) mass is 492 g/mol. The second kappa shape index (κ2) is 10.6. The fraction of sp³-hybridized carbons (Fsp3) is 0.0882. The molecule has 6 aromatic rings. The molecule has 0 radical (unpaired) electrons. The molecule has 4 heteroatoms. The van der Waals surface area contributed by atoms with Crippen LogP contribution >= 0.6 is 0 Å². The smallest absolute Gasteiger partial charge is 0.0999 e. The van der Waals surface area contributed by atoms with Gasteiger partial charge in [-0.1, -0.05) is 97.1 Å². The average Bonchev–Trinajstić information content (AvgIpc) is 2.96. The molecule has 4 nitrogen and oxygen atoms in total. The average molecular weight is 493 g/mol. The molecule has 0 saturated heterocycles. The Morgan fingerprint density at radius 3 is 1.58 bits per heavy atom. The van der Waals surface area contributed by atoms with E-state index in [1.165, 1.54) is 0 Å². The Morgan fingerprint density at radius 1 is 0.605 bits per heavy atom. The third-order valence-electron chi connectivity index (χ3n) is 6.39. The van der Waals surface area contributed by atoms with Gasteiger partial charge in [0.2, 0.25) is 0 Å². The van der Waals surface area contributed by atoms with E-state index in [2.05, 4.69) is 35.3 Å². The van der Waals surface area contributed by atoms with Gasteiger partial charge in [-0.2, -0.15) is 5.26 Å². The first-order valence-corrected chi connectivity index (χ1v) is 12.5. The van der Waals surface area contributed by atoms with E-state index >= 15 is 0 Å². The van der Waals surface area contributed by atoms with Crippen LogP contribution in [0.25, 0.3) is 44.3 Å². The number of fused-ring (bicyclic) bond motifs is 2. The number of nitriles is 1. The standard InChI is InChI=1S/C18H18N2.C16H10N2/c1-18(2,19)15-12-17(13-8-4-3-5-9-13)20-16-11-7-6-10-14(15)16;17-11-13-10-16(12-6-2-1-3-7-12)18-15-9-5-4-8-14(13)15/h3-12H,19H2,1-2H3;1-10H. The van der Waals surface area contributed by atoms with E-state index in [0.717, 1.165) is 49.9 Å². The van der Waals surface area contributed by atoms with E-state index in [4.69, 9.17) is 10.7 Å². The topological polar surface area (TPSA) is 75.6 Å². The van der Waals surface area contributed by atoms with Gasteiger partial charge in [-0.15, -0.1) is 0 Å². The first kappa shape index (κ1) is 24.8. The second-order valence-electron chi connectivity index (χ2n) is 9.71.